The van der Waals surface area contributed by atoms with Crippen LogP contribution in [0.25, 0.3) is 11.0 Å². The number of imidazole rings is 1. The summed E-state index contributed by atoms with van der Waals surface area (Å²) < 4.78 is 2.25. The van der Waals surface area contributed by atoms with Gasteiger partial charge in [-0.1, -0.05) is 81.7 Å². The fourth-order valence-electron chi connectivity index (χ4n) is 3.80. The van der Waals surface area contributed by atoms with Gasteiger partial charge in [-0.05, 0) is 36.8 Å². The SMILES string of the molecule is CCCCCCCCCCn1c(CNC(=O)c2cccc(Cl)c2)nc2ccccc21. The Morgan fingerprint density at radius 2 is 1.70 bits per heavy atom. The molecule has 0 unspecified atom stereocenters. The first-order chi connectivity index (χ1) is 14.7. The van der Waals surface area contributed by atoms with E-state index >= 15 is 0 Å². The van der Waals surface area contributed by atoms with Gasteiger partial charge in [-0.2, -0.15) is 0 Å². The maximum absolute atomic E-state index is 12.5. The van der Waals surface area contributed by atoms with Crippen LogP contribution in [0.15, 0.2) is 48.5 Å². The molecule has 1 amide bonds. The molecule has 0 fully saturated rings. The Balaban J connectivity index is 1.58. The summed E-state index contributed by atoms with van der Waals surface area (Å²) in [6, 6.07) is 15.2. The predicted molar refractivity (Wildman–Crippen MR) is 125 cm³/mol. The zero-order chi connectivity index (χ0) is 21.2. The molecule has 160 valence electrons. The van der Waals surface area contributed by atoms with Crippen molar-refractivity contribution in [3.05, 3.63) is 64.9 Å². The van der Waals surface area contributed by atoms with E-state index in [1.807, 2.05) is 18.2 Å². The summed E-state index contributed by atoms with van der Waals surface area (Å²) in [5.41, 5.74) is 2.67. The Bertz CT molecular complexity index is 950. The molecule has 0 aliphatic carbocycles. The van der Waals surface area contributed by atoms with Gasteiger partial charge < -0.3 is 9.88 Å². The van der Waals surface area contributed by atoms with E-state index in [1.54, 1.807) is 24.3 Å². The smallest absolute Gasteiger partial charge is 0.251 e. The maximum Gasteiger partial charge on any atom is 0.251 e. The van der Waals surface area contributed by atoms with Crippen molar-refractivity contribution >= 4 is 28.5 Å². The van der Waals surface area contributed by atoms with Crippen LogP contribution >= 0.6 is 11.6 Å². The largest absolute Gasteiger partial charge is 0.345 e. The predicted octanol–water partition coefficient (Wildman–Crippen LogP) is 6.76. The number of carbonyl (C=O) groups excluding carboxylic acids is 1. The Hall–Kier alpha value is -2.33. The minimum Gasteiger partial charge on any atom is -0.345 e. The van der Waals surface area contributed by atoms with E-state index in [-0.39, 0.29) is 5.91 Å². The first-order valence-corrected chi connectivity index (χ1v) is 11.5. The van der Waals surface area contributed by atoms with Gasteiger partial charge in [0.2, 0.25) is 0 Å². The van der Waals surface area contributed by atoms with E-state index < -0.39 is 0 Å². The fraction of sp³-hybridized carbons (Fsp3) is 0.440. The maximum atomic E-state index is 12.5. The Labute approximate surface area is 184 Å². The van der Waals surface area contributed by atoms with Crippen molar-refractivity contribution in [2.24, 2.45) is 0 Å². The number of nitrogens with one attached hydrogen (secondary N) is 1. The summed E-state index contributed by atoms with van der Waals surface area (Å²) in [5, 5.41) is 3.55. The van der Waals surface area contributed by atoms with Crippen molar-refractivity contribution in [2.45, 2.75) is 71.4 Å². The Morgan fingerprint density at radius 3 is 2.47 bits per heavy atom. The number of fused-ring (bicyclic) bond motifs is 1. The lowest BCUT2D eigenvalue weighted by molar-refractivity contribution is 0.0949. The van der Waals surface area contributed by atoms with E-state index in [0.29, 0.717) is 17.1 Å². The summed E-state index contributed by atoms with van der Waals surface area (Å²) in [4.78, 5) is 17.3. The molecule has 0 radical (unpaired) electrons. The van der Waals surface area contributed by atoms with Gasteiger partial charge in [-0.25, -0.2) is 4.98 Å². The van der Waals surface area contributed by atoms with E-state index in [9.17, 15) is 4.79 Å². The van der Waals surface area contributed by atoms with Gasteiger partial charge in [0.25, 0.3) is 5.91 Å². The second-order valence-electron chi connectivity index (χ2n) is 7.84. The zero-order valence-corrected chi connectivity index (χ0v) is 18.6. The third-order valence-electron chi connectivity index (χ3n) is 5.46. The molecule has 1 aromatic heterocycles. The minimum atomic E-state index is -0.136. The number of halogens is 1. The van der Waals surface area contributed by atoms with Crippen LogP contribution in [0.1, 0.15) is 74.5 Å². The van der Waals surface area contributed by atoms with E-state index in [0.717, 1.165) is 29.8 Å². The molecule has 3 aromatic rings. The molecule has 3 rings (SSSR count). The second kappa shape index (κ2) is 11.8. The number of amides is 1. The molecule has 5 heteroatoms. The van der Waals surface area contributed by atoms with E-state index in [4.69, 9.17) is 16.6 Å². The standard InChI is InChI=1S/C25H32ClN3O/c1-2-3-4-5-6-7-8-11-17-29-23-16-10-9-15-22(23)28-24(29)19-27-25(30)20-13-12-14-21(26)18-20/h9-10,12-16,18H,2-8,11,17,19H2,1H3,(H,27,30). The second-order valence-corrected chi connectivity index (χ2v) is 8.27. The highest BCUT2D eigenvalue weighted by Gasteiger charge is 2.12. The molecule has 0 atom stereocenters. The summed E-state index contributed by atoms with van der Waals surface area (Å²) in [6.07, 6.45) is 10.3. The zero-order valence-electron chi connectivity index (χ0n) is 17.9. The molecule has 0 spiro atoms. The van der Waals surface area contributed by atoms with Gasteiger partial charge in [0.15, 0.2) is 0 Å². The van der Waals surface area contributed by atoms with Crippen molar-refractivity contribution in [2.75, 3.05) is 0 Å². The molecule has 1 N–H and O–H groups in total. The molecular formula is C25H32ClN3O. The summed E-state index contributed by atoms with van der Waals surface area (Å²) in [5.74, 6) is 0.762. The lowest BCUT2D eigenvalue weighted by Gasteiger charge is -2.10. The van der Waals surface area contributed by atoms with Gasteiger partial charge >= 0.3 is 0 Å². The van der Waals surface area contributed by atoms with Gasteiger partial charge in [0, 0.05) is 17.1 Å². The molecule has 0 aliphatic rings. The molecule has 0 aliphatic heterocycles. The monoisotopic (exact) mass is 425 g/mol. The fourth-order valence-corrected chi connectivity index (χ4v) is 4.00. The number of nitrogens with zero attached hydrogens (tertiary/aromatic N) is 2. The highest BCUT2D eigenvalue weighted by atomic mass is 35.5. The molecular weight excluding hydrogens is 394 g/mol. The number of unbranched alkanes of at least 4 members (excludes halogenated alkanes) is 7. The molecule has 0 saturated carbocycles. The molecule has 1 heterocycles. The number of aromatic nitrogens is 2. The summed E-state index contributed by atoms with van der Waals surface area (Å²) in [7, 11) is 0. The van der Waals surface area contributed by atoms with Gasteiger partial charge in [0.05, 0.1) is 17.6 Å². The van der Waals surface area contributed by atoms with Crippen LogP contribution in [0.3, 0.4) is 0 Å². The van der Waals surface area contributed by atoms with Crippen molar-refractivity contribution in [1.82, 2.24) is 14.9 Å². The third kappa shape index (κ3) is 6.33. The van der Waals surface area contributed by atoms with Crippen molar-refractivity contribution in [3.63, 3.8) is 0 Å². The highest BCUT2D eigenvalue weighted by molar-refractivity contribution is 6.30. The Morgan fingerprint density at radius 1 is 0.967 bits per heavy atom. The number of carbonyl (C=O) groups is 1. The van der Waals surface area contributed by atoms with Crippen LogP contribution in [0.5, 0.6) is 0 Å². The lowest BCUT2D eigenvalue weighted by atomic mass is 10.1. The van der Waals surface area contributed by atoms with Crippen LogP contribution < -0.4 is 5.32 Å². The van der Waals surface area contributed by atoms with E-state index in [1.165, 1.54) is 44.9 Å². The number of rotatable bonds is 12. The van der Waals surface area contributed by atoms with Crippen LogP contribution in [0.4, 0.5) is 0 Å². The van der Waals surface area contributed by atoms with Crippen molar-refractivity contribution in [1.29, 1.82) is 0 Å². The van der Waals surface area contributed by atoms with Gasteiger partial charge in [0.1, 0.15) is 5.82 Å². The quantitative estimate of drug-likeness (QED) is 0.326. The topological polar surface area (TPSA) is 46.9 Å². The van der Waals surface area contributed by atoms with Gasteiger partial charge in [-0.3, -0.25) is 4.79 Å². The van der Waals surface area contributed by atoms with Crippen LogP contribution in [0.2, 0.25) is 5.02 Å². The molecule has 2 aromatic carbocycles. The molecule has 0 saturated heterocycles. The average Bonchev–Trinajstić information content (AvgIpc) is 3.11. The highest BCUT2D eigenvalue weighted by Crippen LogP contribution is 2.18. The van der Waals surface area contributed by atoms with Crippen LogP contribution in [-0.4, -0.2) is 15.5 Å². The number of aryl methyl sites for hydroxylation is 1. The number of hydrogen-bond acceptors (Lipinski definition) is 2. The van der Waals surface area contributed by atoms with Crippen molar-refractivity contribution in [3.8, 4) is 0 Å². The molecule has 4 nitrogen and oxygen atoms in total. The first kappa shape index (κ1) is 22.4. The third-order valence-corrected chi connectivity index (χ3v) is 5.70. The van der Waals surface area contributed by atoms with Crippen molar-refractivity contribution < 1.29 is 4.79 Å². The minimum absolute atomic E-state index is 0.136. The van der Waals surface area contributed by atoms with Crippen LogP contribution in [0, 0.1) is 0 Å². The summed E-state index contributed by atoms with van der Waals surface area (Å²) >= 11 is 6.01. The first-order valence-electron chi connectivity index (χ1n) is 11.2. The number of para-hydroxylation sites is 2. The lowest BCUT2D eigenvalue weighted by Crippen LogP contribution is -2.24. The normalized spacial score (nSPS) is 11.1. The average molecular weight is 426 g/mol. The Kier molecular flexibility index (Phi) is 8.76. The van der Waals surface area contributed by atoms with Gasteiger partial charge in [-0.15, -0.1) is 0 Å². The summed E-state index contributed by atoms with van der Waals surface area (Å²) in [6.45, 7) is 3.58. The van der Waals surface area contributed by atoms with Crippen LogP contribution in [-0.2, 0) is 13.1 Å². The molecule has 30 heavy (non-hydrogen) atoms. The van der Waals surface area contributed by atoms with E-state index in [2.05, 4.69) is 22.9 Å². The number of benzene rings is 2. The molecule has 0 bridgehead atoms. The number of hydrogen-bond donors (Lipinski definition) is 1.